The van der Waals surface area contributed by atoms with Gasteiger partial charge in [-0.1, -0.05) is 6.07 Å². The predicted molar refractivity (Wildman–Crippen MR) is 69.0 cm³/mol. The van der Waals surface area contributed by atoms with E-state index in [1.54, 1.807) is 0 Å². The molecule has 1 atom stereocenters. The smallest absolute Gasteiger partial charge is 0.354 e. The first-order chi connectivity index (χ1) is 9.33. The number of hydrogen-bond acceptors (Lipinski definition) is 5. The topological polar surface area (TPSA) is 70.2 Å². The minimum atomic E-state index is -4.47. The molecule has 0 bridgehead atoms. The van der Waals surface area contributed by atoms with Crippen molar-refractivity contribution in [1.82, 2.24) is 10.6 Å². The van der Waals surface area contributed by atoms with E-state index in [9.17, 15) is 21.6 Å². The van der Waals surface area contributed by atoms with Crippen molar-refractivity contribution in [3.63, 3.8) is 0 Å². The predicted octanol–water partition coefficient (Wildman–Crippen LogP) is 0.575. The summed E-state index contributed by atoms with van der Waals surface area (Å²) in [6.45, 7) is 1.06. The van der Waals surface area contributed by atoms with Gasteiger partial charge in [-0.25, -0.2) is 8.42 Å². The summed E-state index contributed by atoms with van der Waals surface area (Å²) in [6, 6.07) is 4.44. The van der Waals surface area contributed by atoms with Gasteiger partial charge in [0, 0.05) is 25.3 Å². The number of nitrogens with one attached hydrogen (secondary N) is 3. The third kappa shape index (κ3) is 3.22. The first-order valence-electron chi connectivity index (χ1n) is 5.89. The zero-order valence-electron chi connectivity index (χ0n) is 10.3. The molecule has 20 heavy (non-hydrogen) atoms. The number of hydrogen-bond donors (Lipinski definition) is 4. The monoisotopic (exact) mass is 309 g/mol. The van der Waals surface area contributed by atoms with Crippen molar-refractivity contribution in [3.05, 3.63) is 29.8 Å². The molecule has 0 radical (unpaired) electrons. The lowest BCUT2D eigenvalue weighted by Crippen LogP contribution is -2.64. The van der Waals surface area contributed by atoms with Crippen LogP contribution >= 0.6 is 0 Å². The Labute approximate surface area is 115 Å². The summed E-state index contributed by atoms with van der Waals surface area (Å²) in [7, 11) is -2.93. The van der Waals surface area contributed by atoms with E-state index in [4.69, 9.17) is 0 Å². The molecular formula is C11H14F3N3O2S. The molecule has 1 fully saturated rings. The number of piperazine rings is 1. The van der Waals surface area contributed by atoms with Crippen LogP contribution in [0, 0.1) is 0 Å². The summed E-state index contributed by atoms with van der Waals surface area (Å²) in [4.78, 5) is -1.47. The highest BCUT2D eigenvalue weighted by molar-refractivity contribution is 7.74. The van der Waals surface area contributed by atoms with E-state index in [0.717, 1.165) is 12.1 Å². The van der Waals surface area contributed by atoms with Crippen LogP contribution in [0.5, 0.6) is 0 Å². The fourth-order valence-electron chi connectivity index (χ4n) is 1.96. The maximum absolute atomic E-state index is 12.6. The number of anilines is 1. The number of alkyl halides is 3. The van der Waals surface area contributed by atoms with Gasteiger partial charge in [-0.3, -0.25) is 5.32 Å². The average Bonchev–Trinajstić information content (AvgIpc) is 2.39. The molecule has 0 aliphatic carbocycles. The molecule has 1 aliphatic rings. The van der Waals surface area contributed by atoms with Gasteiger partial charge in [-0.05, 0) is 18.2 Å². The maximum atomic E-state index is 12.6. The molecule has 9 heteroatoms. The largest absolute Gasteiger partial charge is 0.416 e. The van der Waals surface area contributed by atoms with Gasteiger partial charge in [0.2, 0.25) is 4.99 Å². The van der Waals surface area contributed by atoms with E-state index in [0.29, 0.717) is 13.1 Å². The van der Waals surface area contributed by atoms with E-state index in [2.05, 4.69) is 16.0 Å². The summed E-state index contributed by atoms with van der Waals surface area (Å²) in [5, 5.41) is 8.32. The van der Waals surface area contributed by atoms with Crippen molar-refractivity contribution in [3.8, 4) is 0 Å². The molecule has 1 unspecified atom stereocenters. The minimum Gasteiger partial charge on any atom is -0.354 e. The second-order valence-electron chi connectivity index (χ2n) is 4.42. The number of rotatable bonds is 3. The molecule has 0 amide bonds. The Morgan fingerprint density at radius 2 is 2.00 bits per heavy atom. The van der Waals surface area contributed by atoms with Crippen molar-refractivity contribution in [1.29, 1.82) is 0 Å². The van der Waals surface area contributed by atoms with Gasteiger partial charge in [0.05, 0.1) is 5.56 Å². The molecule has 1 aromatic rings. The summed E-state index contributed by atoms with van der Waals surface area (Å²) in [6.07, 6.45) is -4.47. The zero-order valence-corrected chi connectivity index (χ0v) is 11.2. The highest BCUT2D eigenvalue weighted by Gasteiger charge is 2.36. The zero-order chi connectivity index (χ0) is 14.8. The van der Waals surface area contributed by atoms with Gasteiger partial charge in [0.1, 0.15) is 0 Å². The van der Waals surface area contributed by atoms with Crippen LogP contribution in [0.4, 0.5) is 18.9 Å². The fourth-order valence-corrected chi connectivity index (χ4v) is 2.67. The Morgan fingerprint density at radius 3 is 2.55 bits per heavy atom. The van der Waals surface area contributed by atoms with Gasteiger partial charge >= 0.3 is 6.18 Å². The summed E-state index contributed by atoms with van der Waals surface area (Å²) in [5.74, 6) is 0. The molecule has 1 aliphatic heterocycles. The molecule has 1 aromatic carbocycles. The second-order valence-corrected chi connectivity index (χ2v) is 5.70. The normalized spacial score (nSPS) is 23.8. The highest BCUT2D eigenvalue weighted by atomic mass is 32.2. The average molecular weight is 309 g/mol. The number of thiol groups is 1. The third-order valence-corrected chi connectivity index (χ3v) is 4.00. The lowest BCUT2D eigenvalue weighted by Gasteiger charge is -2.35. The van der Waals surface area contributed by atoms with Gasteiger partial charge in [0.25, 0.3) is 0 Å². The molecule has 112 valence electrons. The Balaban J connectivity index is 2.28. The summed E-state index contributed by atoms with van der Waals surface area (Å²) >= 11 is 0. The van der Waals surface area contributed by atoms with Gasteiger partial charge in [-0.15, -0.1) is 0 Å². The summed E-state index contributed by atoms with van der Waals surface area (Å²) < 4.78 is 60.7. The standard InChI is InChI=1S/C11H14F3N3O2S/c12-11(13,14)8-2-1-3-9(6-8)17-10(20(18)19)7-15-4-5-16-10/h1-3,6,15-17,20H,4-5,7H2. The van der Waals surface area contributed by atoms with Crippen molar-refractivity contribution in [2.24, 2.45) is 0 Å². The first kappa shape index (κ1) is 15.1. The van der Waals surface area contributed by atoms with Crippen LogP contribution in [0.25, 0.3) is 0 Å². The van der Waals surface area contributed by atoms with Crippen molar-refractivity contribution >= 4 is 16.4 Å². The van der Waals surface area contributed by atoms with Crippen molar-refractivity contribution in [2.45, 2.75) is 11.2 Å². The molecular weight excluding hydrogens is 295 g/mol. The third-order valence-electron chi connectivity index (χ3n) is 2.95. The van der Waals surface area contributed by atoms with Crippen LogP contribution < -0.4 is 16.0 Å². The molecule has 3 N–H and O–H groups in total. The van der Waals surface area contributed by atoms with Crippen molar-refractivity contribution in [2.75, 3.05) is 25.0 Å². The van der Waals surface area contributed by atoms with Crippen LogP contribution in [0.2, 0.25) is 0 Å². The van der Waals surface area contributed by atoms with Gasteiger partial charge < -0.3 is 10.6 Å². The van der Waals surface area contributed by atoms with E-state index < -0.39 is 27.4 Å². The fraction of sp³-hybridized carbons (Fsp3) is 0.455. The minimum absolute atomic E-state index is 0.0714. The lowest BCUT2D eigenvalue weighted by molar-refractivity contribution is -0.137. The van der Waals surface area contributed by atoms with Gasteiger partial charge in [-0.2, -0.15) is 13.2 Å². The highest BCUT2D eigenvalue weighted by Crippen LogP contribution is 2.31. The van der Waals surface area contributed by atoms with Crippen molar-refractivity contribution < 1.29 is 21.6 Å². The van der Waals surface area contributed by atoms with E-state index in [1.807, 2.05) is 0 Å². The van der Waals surface area contributed by atoms with Gasteiger partial charge in [0.15, 0.2) is 10.7 Å². The molecule has 5 nitrogen and oxygen atoms in total. The Morgan fingerprint density at radius 1 is 1.25 bits per heavy atom. The quantitative estimate of drug-likeness (QED) is 0.615. The van der Waals surface area contributed by atoms with E-state index in [1.165, 1.54) is 12.1 Å². The van der Waals surface area contributed by atoms with Crippen LogP contribution in [-0.4, -0.2) is 33.0 Å². The number of halogens is 3. The molecule has 0 spiro atoms. The molecule has 0 saturated carbocycles. The molecule has 0 aromatic heterocycles. The van der Waals surface area contributed by atoms with Crippen LogP contribution in [0.1, 0.15) is 5.56 Å². The Bertz CT molecular complexity index is 546. The first-order valence-corrected chi connectivity index (χ1v) is 7.07. The molecule has 1 saturated heterocycles. The number of benzene rings is 1. The second kappa shape index (κ2) is 5.58. The lowest BCUT2D eigenvalue weighted by atomic mass is 10.2. The molecule has 2 rings (SSSR count). The van der Waals surface area contributed by atoms with Crippen LogP contribution in [-0.2, 0) is 16.9 Å². The Kier molecular flexibility index (Phi) is 4.21. The van der Waals surface area contributed by atoms with Crippen LogP contribution in [0.3, 0.4) is 0 Å². The van der Waals surface area contributed by atoms with E-state index >= 15 is 0 Å². The Hall–Kier alpha value is -1.32. The van der Waals surface area contributed by atoms with Crippen LogP contribution in [0.15, 0.2) is 24.3 Å². The molecule has 1 heterocycles. The SMILES string of the molecule is O=[SH](=O)C1(Nc2cccc(C(F)(F)F)c2)CNCCN1. The maximum Gasteiger partial charge on any atom is 0.416 e. The summed E-state index contributed by atoms with van der Waals surface area (Å²) in [5.41, 5.74) is -0.738. The van der Waals surface area contributed by atoms with E-state index in [-0.39, 0.29) is 12.2 Å².